The van der Waals surface area contributed by atoms with E-state index < -0.39 is 21.8 Å². The van der Waals surface area contributed by atoms with Crippen molar-refractivity contribution in [2.45, 2.75) is 75.6 Å². The molecule has 4 rings (SSSR count). The molecule has 0 radical (unpaired) electrons. The Morgan fingerprint density at radius 3 is 2.52 bits per heavy atom. The van der Waals surface area contributed by atoms with Crippen LogP contribution >= 0.6 is 0 Å². The predicted molar refractivity (Wildman–Crippen MR) is 125 cm³/mol. The summed E-state index contributed by atoms with van der Waals surface area (Å²) in [6.07, 6.45) is 2.32. The third-order valence-corrected chi connectivity index (χ3v) is 9.19. The number of halogens is 3. The minimum absolute atomic E-state index is 0.176. The van der Waals surface area contributed by atoms with Gasteiger partial charge in [-0.3, -0.25) is 0 Å². The molecule has 0 heterocycles. The molecule has 0 bridgehead atoms. The molecule has 33 heavy (non-hydrogen) atoms. The fourth-order valence-electron chi connectivity index (χ4n) is 5.23. The first kappa shape index (κ1) is 24.3. The Hall–Kier alpha value is -1.86. The van der Waals surface area contributed by atoms with Crippen molar-refractivity contribution in [3.05, 3.63) is 70.3 Å². The lowest BCUT2D eigenvalue weighted by Crippen LogP contribution is -2.39. The van der Waals surface area contributed by atoms with Crippen molar-refractivity contribution in [3.8, 4) is 0 Å². The Bertz CT molecular complexity index is 1080. The van der Waals surface area contributed by atoms with Gasteiger partial charge in [-0.1, -0.05) is 56.2 Å². The number of rotatable bonds is 9. The average Bonchev–Trinajstić information content (AvgIpc) is 3.03. The predicted octanol–water partition coefficient (Wildman–Crippen LogP) is 6.02. The zero-order valence-electron chi connectivity index (χ0n) is 19.0. The second kappa shape index (κ2) is 9.79. The smallest absolute Gasteiger partial charge is 0.215 e. The van der Waals surface area contributed by atoms with Crippen molar-refractivity contribution in [2.24, 2.45) is 5.92 Å². The number of hydrogen-bond acceptors (Lipinski definition) is 2. The van der Waals surface area contributed by atoms with Crippen molar-refractivity contribution >= 4 is 10.0 Å². The number of hydrogen-bond donors (Lipinski definition) is 1. The maximum atomic E-state index is 13.2. The molecule has 2 aliphatic carbocycles. The van der Waals surface area contributed by atoms with E-state index in [2.05, 4.69) is 29.8 Å². The van der Waals surface area contributed by atoms with Gasteiger partial charge in [-0.15, -0.1) is 0 Å². The van der Waals surface area contributed by atoms with E-state index in [1.54, 1.807) is 6.07 Å². The highest BCUT2D eigenvalue weighted by molar-refractivity contribution is 7.90. The molecule has 2 aromatic carbocycles. The van der Waals surface area contributed by atoms with Crippen molar-refractivity contribution in [1.82, 2.24) is 4.72 Å². The zero-order chi connectivity index (χ0) is 23.6. The van der Waals surface area contributed by atoms with Crippen LogP contribution in [0, 0.1) is 5.92 Å². The van der Waals surface area contributed by atoms with Crippen LogP contribution in [0.25, 0.3) is 0 Å². The number of benzene rings is 2. The standard InChI is InChI=1S/C26H32F3NO2S/c1-2-5-20-17-21-11-10-18(12-13-30-33(31,32)23-8-4-9-23)15-24(21)25(20)16-19-6-3-7-22(14-19)26(27,28)29/h3,6-7,10-11,14-15,20,23,25,30H,2,4-5,8-9,12-13,16-17H2,1H3. The summed E-state index contributed by atoms with van der Waals surface area (Å²) >= 11 is 0. The quantitative estimate of drug-likeness (QED) is 0.478. The Morgan fingerprint density at radius 1 is 1.06 bits per heavy atom. The summed E-state index contributed by atoms with van der Waals surface area (Å²) in [6, 6.07) is 12.0. The number of nitrogens with one attached hydrogen (secondary N) is 1. The first-order valence-corrected chi connectivity index (χ1v) is 13.5. The van der Waals surface area contributed by atoms with Gasteiger partial charge < -0.3 is 0 Å². The van der Waals surface area contributed by atoms with Crippen LogP contribution < -0.4 is 4.72 Å². The van der Waals surface area contributed by atoms with Gasteiger partial charge in [-0.05, 0) is 78.7 Å². The molecular weight excluding hydrogens is 447 g/mol. The van der Waals surface area contributed by atoms with Crippen LogP contribution in [0.4, 0.5) is 13.2 Å². The van der Waals surface area contributed by atoms with Crippen molar-refractivity contribution in [1.29, 1.82) is 0 Å². The molecule has 3 nitrogen and oxygen atoms in total. The molecule has 2 aliphatic rings. The zero-order valence-corrected chi connectivity index (χ0v) is 19.8. The Labute approximate surface area is 194 Å². The highest BCUT2D eigenvalue weighted by Gasteiger charge is 2.34. The first-order chi connectivity index (χ1) is 15.7. The summed E-state index contributed by atoms with van der Waals surface area (Å²) < 4.78 is 66.9. The molecule has 0 aliphatic heterocycles. The molecule has 0 saturated heterocycles. The van der Waals surface area contributed by atoms with E-state index in [0.717, 1.165) is 50.2 Å². The summed E-state index contributed by atoms with van der Waals surface area (Å²) in [6.45, 7) is 2.51. The third kappa shape index (κ3) is 5.62. The monoisotopic (exact) mass is 479 g/mol. The van der Waals surface area contributed by atoms with Gasteiger partial charge in [0.1, 0.15) is 0 Å². The minimum atomic E-state index is -4.34. The Balaban J connectivity index is 1.50. The van der Waals surface area contributed by atoms with Gasteiger partial charge in [0.05, 0.1) is 10.8 Å². The molecule has 2 atom stereocenters. The second-order valence-corrected chi connectivity index (χ2v) is 11.6. The summed E-state index contributed by atoms with van der Waals surface area (Å²) in [7, 11) is -3.23. The van der Waals surface area contributed by atoms with E-state index in [-0.39, 0.29) is 11.2 Å². The van der Waals surface area contributed by atoms with Gasteiger partial charge in [0, 0.05) is 6.54 Å². The van der Waals surface area contributed by atoms with Gasteiger partial charge in [-0.2, -0.15) is 13.2 Å². The minimum Gasteiger partial charge on any atom is -0.215 e. The summed E-state index contributed by atoms with van der Waals surface area (Å²) in [4.78, 5) is 0. The van der Waals surface area contributed by atoms with Crippen LogP contribution in [0.2, 0.25) is 0 Å². The lowest BCUT2D eigenvalue weighted by molar-refractivity contribution is -0.137. The van der Waals surface area contributed by atoms with Crippen LogP contribution in [0.15, 0.2) is 42.5 Å². The van der Waals surface area contributed by atoms with Crippen molar-refractivity contribution in [3.63, 3.8) is 0 Å². The van der Waals surface area contributed by atoms with Gasteiger partial charge in [-0.25, -0.2) is 13.1 Å². The normalized spacial score (nSPS) is 21.1. The van der Waals surface area contributed by atoms with Crippen molar-refractivity contribution < 1.29 is 21.6 Å². The van der Waals surface area contributed by atoms with E-state index in [1.165, 1.54) is 23.3 Å². The lowest BCUT2D eigenvalue weighted by atomic mass is 9.83. The van der Waals surface area contributed by atoms with Crippen LogP contribution in [-0.2, 0) is 35.5 Å². The third-order valence-electron chi connectivity index (χ3n) is 7.24. The van der Waals surface area contributed by atoms with Gasteiger partial charge in [0.2, 0.25) is 10.0 Å². The molecule has 1 fully saturated rings. The average molecular weight is 480 g/mol. The van der Waals surface area contributed by atoms with E-state index in [1.807, 2.05) is 0 Å². The molecule has 2 unspecified atom stereocenters. The van der Waals surface area contributed by atoms with E-state index >= 15 is 0 Å². The fraction of sp³-hybridized carbons (Fsp3) is 0.538. The molecule has 2 aromatic rings. The van der Waals surface area contributed by atoms with Gasteiger partial charge in [0.25, 0.3) is 0 Å². The van der Waals surface area contributed by atoms with E-state index in [9.17, 15) is 21.6 Å². The largest absolute Gasteiger partial charge is 0.416 e. The SMILES string of the molecule is CCCC1Cc2ccc(CCNS(=O)(=O)C3CCC3)cc2C1Cc1cccc(C(F)(F)F)c1. The second-order valence-electron chi connectivity index (χ2n) is 9.54. The van der Waals surface area contributed by atoms with E-state index in [4.69, 9.17) is 0 Å². The molecule has 0 aromatic heterocycles. The Kier molecular flexibility index (Phi) is 7.20. The van der Waals surface area contributed by atoms with Gasteiger partial charge in [0.15, 0.2) is 0 Å². The van der Waals surface area contributed by atoms with Crippen LogP contribution in [0.1, 0.15) is 72.8 Å². The molecule has 180 valence electrons. The molecule has 1 saturated carbocycles. The van der Waals surface area contributed by atoms with Crippen LogP contribution in [0.3, 0.4) is 0 Å². The number of sulfonamides is 1. The number of fused-ring (bicyclic) bond motifs is 1. The molecular formula is C26H32F3NO2S. The fourth-order valence-corrected chi connectivity index (χ4v) is 6.80. The summed E-state index contributed by atoms with van der Waals surface area (Å²) in [5.74, 6) is 0.585. The summed E-state index contributed by atoms with van der Waals surface area (Å²) in [5, 5.41) is -0.246. The maximum absolute atomic E-state index is 13.2. The topological polar surface area (TPSA) is 46.2 Å². The van der Waals surface area contributed by atoms with Crippen LogP contribution in [0.5, 0.6) is 0 Å². The molecule has 7 heteroatoms. The Morgan fingerprint density at radius 2 is 1.85 bits per heavy atom. The highest BCUT2D eigenvalue weighted by atomic mass is 32.2. The highest BCUT2D eigenvalue weighted by Crippen LogP contribution is 2.43. The molecule has 1 N–H and O–H groups in total. The van der Waals surface area contributed by atoms with Crippen molar-refractivity contribution in [2.75, 3.05) is 6.54 Å². The van der Waals surface area contributed by atoms with Crippen LogP contribution in [-0.4, -0.2) is 20.2 Å². The summed E-state index contributed by atoms with van der Waals surface area (Å²) in [5.41, 5.74) is 3.66. The molecule has 0 spiro atoms. The number of alkyl halides is 3. The van der Waals surface area contributed by atoms with E-state index in [0.29, 0.717) is 30.9 Å². The first-order valence-electron chi connectivity index (χ1n) is 11.9. The van der Waals surface area contributed by atoms with Gasteiger partial charge >= 0.3 is 6.18 Å². The molecule has 0 amide bonds. The maximum Gasteiger partial charge on any atom is 0.416 e. The lowest BCUT2D eigenvalue weighted by Gasteiger charge is -2.25.